The maximum Gasteiger partial charge on any atom is 0.409 e. The Kier molecular flexibility index (Phi) is 10.8. The molecule has 0 radical (unpaired) electrons. The van der Waals surface area contributed by atoms with Crippen LogP contribution in [-0.4, -0.2) is 43.6 Å². The summed E-state index contributed by atoms with van der Waals surface area (Å²) in [6.45, 7) is 8.77. The van der Waals surface area contributed by atoms with Crippen LogP contribution in [0.2, 0.25) is 0 Å². The van der Waals surface area contributed by atoms with Gasteiger partial charge in [0.2, 0.25) is 0 Å². The summed E-state index contributed by atoms with van der Waals surface area (Å²) in [5.41, 5.74) is 0.827. The quantitative estimate of drug-likeness (QED) is 0.259. The monoisotopic (exact) mass is 409 g/mol. The molecule has 2 atom stereocenters. The lowest BCUT2D eigenvalue weighted by Crippen LogP contribution is -2.49. The number of alkyl carbamates (subject to hydrolysis) is 1. The predicted molar refractivity (Wildman–Crippen MR) is 106 cm³/mol. The minimum atomic E-state index is -1.24. The van der Waals surface area contributed by atoms with Crippen LogP contribution in [0.3, 0.4) is 0 Å². The minimum absolute atomic E-state index is 0.0780. The number of carbonyl (C=O) groups excluding carboxylic acids is 3. The first-order valence-corrected chi connectivity index (χ1v) is 9.76. The first-order chi connectivity index (χ1) is 13.8. The maximum absolute atomic E-state index is 12.4. The molecular weight excluding hydrogens is 378 g/mol. The van der Waals surface area contributed by atoms with Crippen molar-refractivity contribution in [1.29, 1.82) is 0 Å². The molecule has 0 spiro atoms. The van der Waals surface area contributed by atoms with Crippen LogP contribution in [0.5, 0.6) is 0 Å². The molecule has 1 aromatic carbocycles. The van der Waals surface area contributed by atoms with Gasteiger partial charge in [-0.15, -0.1) is 0 Å². The number of nitrogens with one attached hydrogen (secondary N) is 1. The number of esters is 2. The fourth-order valence-electron chi connectivity index (χ4n) is 2.63. The fourth-order valence-corrected chi connectivity index (χ4v) is 2.63. The van der Waals surface area contributed by atoms with E-state index in [9.17, 15) is 14.4 Å². The second kappa shape index (κ2) is 12.8. The zero-order valence-electron chi connectivity index (χ0n) is 17.7. The lowest BCUT2D eigenvalue weighted by Gasteiger charge is -2.30. The molecule has 0 aliphatic heterocycles. The lowest BCUT2D eigenvalue weighted by atomic mass is 9.92. The van der Waals surface area contributed by atoms with Gasteiger partial charge in [0.1, 0.15) is 12.8 Å². The van der Waals surface area contributed by atoms with E-state index in [1.54, 1.807) is 34.6 Å². The number of amides is 1. The van der Waals surface area contributed by atoms with Crippen LogP contribution in [-0.2, 0) is 35.1 Å². The van der Waals surface area contributed by atoms with Crippen LogP contribution in [0.25, 0.3) is 0 Å². The average Bonchev–Trinajstić information content (AvgIpc) is 2.67. The van der Waals surface area contributed by atoms with Gasteiger partial charge < -0.3 is 18.9 Å². The Morgan fingerprint density at radius 1 is 0.897 bits per heavy atom. The zero-order valence-corrected chi connectivity index (χ0v) is 17.7. The molecule has 0 saturated heterocycles. The second-order valence-electron chi connectivity index (χ2n) is 6.65. The molecule has 0 fully saturated rings. The van der Waals surface area contributed by atoms with Crippen molar-refractivity contribution < 1.29 is 33.3 Å². The number of hydrogen-bond acceptors (Lipinski definition) is 7. The topological polar surface area (TPSA) is 100 Å². The van der Waals surface area contributed by atoms with E-state index in [2.05, 4.69) is 5.32 Å². The van der Waals surface area contributed by atoms with Gasteiger partial charge in [0, 0.05) is 5.92 Å². The Morgan fingerprint density at radius 3 is 1.93 bits per heavy atom. The van der Waals surface area contributed by atoms with Crippen molar-refractivity contribution in [2.75, 3.05) is 13.2 Å². The molecule has 0 aromatic heterocycles. The van der Waals surface area contributed by atoms with Crippen LogP contribution in [0.4, 0.5) is 4.79 Å². The Hall–Kier alpha value is -2.61. The highest BCUT2D eigenvalue weighted by atomic mass is 16.6. The molecule has 1 rings (SSSR count). The highest BCUT2D eigenvalue weighted by molar-refractivity contribution is 5.95. The third-order valence-corrected chi connectivity index (χ3v) is 3.98. The Labute approximate surface area is 171 Å². The van der Waals surface area contributed by atoms with Crippen LogP contribution in [0.15, 0.2) is 30.3 Å². The normalized spacial score (nSPS) is 12.9. The van der Waals surface area contributed by atoms with E-state index in [0.29, 0.717) is 0 Å². The van der Waals surface area contributed by atoms with Crippen LogP contribution >= 0.6 is 0 Å². The van der Waals surface area contributed by atoms with Crippen molar-refractivity contribution in [2.45, 2.75) is 53.6 Å². The van der Waals surface area contributed by atoms with Crippen molar-refractivity contribution in [1.82, 2.24) is 5.32 Å². The van der Waals surface area contributed by atoms with Gasteiger partial charge in [0.25, 0.3) is 0 Å². The molecule has 0 saturated carbocycles. The van der Waals surface area contributed by atoms with Gasteiger partial charge in [-0.3, -0.25) is 14.9 Å². The summed E-state index contributed by atoms with van der Waals surface area (Å²) < 4.78 is 21.0. The molecule has 0 heterocycles. The highest BCUT2D eigenvalue weighted by Crippen LogP contribution is 2.22. The summed E-state index contributed by atoms with van der Waals surface area (Å²) in [6.07, 6.45) is -1.96. The molecule has 8 heteroatoms. The van der Waals surface area contributed by atoms with Crippen molar-refractivity contribution >= 4 is 18.0 Å². The van der Waals surface area contributed by atoms with Crippen molar-refractivity contribution in [3.8, 4) is 0 Å². The molecular formula is C21H31NO7. The zero-order chi connectivity index (χ0) is 21.8. The van der Waals surface area contributed by atoms with Gasteiger partial charge in [0.15, 0.2) is 5.92 Å². The largest absolute Gasteiger partial charge is 0.465 e. The molecule has 0 aliphatic rings. The third-order valence-electron chi connectivity index (χ3n) is 3.98. The molecule has 2 unspecified atom stereocenters. The first kappa shape index (κ1) is 24.4. The maximum atomic E-state index is 12.4. The molecule has 162 valence electrons. The Bertz CT molecular complexity index is 630. The summed E-state index contributed by atoms with van der Waals surface area (Å²) in [6, 6.07) is 9.20. The van der Waals surface area contributed by atoms with Gasteiger partial charge in [-0.2, -0.15) is 0 Å². The van der Waals surface area contributed by atoms with Gasteiger partial charge >= 0.3 is 18.0 Å². The smallest absolute Gasteiger partial charge is 0.409 e. The number of benzene rings is 1. The molecule has 29 heavy (non-hydrogen) atoms. The highest BCUT2D eigenvalue weighted by Gasteiger charge is 2.40. The average molecular weight is 409 g/mol. The number of ether oxygens (including phenoxy) is 4. The molecule has 1 N–H and O–H groups in total. The van der Waals surface area contributed by atoms with Gasteiger partial charge in [-0.25, -0.2) is 4.79 Å². The summed E-state index contributed by atoms with van der Waals surface area (Å²) in [5, 5.41) is 2.59. The Balaban J connectivity index is 2.89. The standard InChI is InChI=1S/C21H31NO7/c1-6-26-19(23)17(20(24)27-7-2)15(5)18(29-14(3)4)22-21(25)28-13-16-11-9-8-10-12-16/h8-12,14-15,17-18H,6-7,13H2,1-5H3,(H,22,25). The molecule has 8 nitrogen and oxygen atoms in total. The SMILES string of the molecule is CCOC(=O)C(C(=O)OCC)C(C)C(NC(=O)OCc1ccccc1)OC(C)C. The van der Waals surface area contributed by atoms with Crippen LogP contribution < -0.4 is 5.32 Å². The number of hydrogen-bond donors (Lipinski definition) is 1. The number of rotatable bonds is 11. The van der Waals surface area contributed by atoms with Crippen molar-refractivity contribution in [3.63, 3.8) is 0 Å². The third kappa shape index (κ3) is 8.51. The minimum Gasteiger partial charge on any atom is -0.465 e. The molecule has 1 amide bonds. The van der Waals surface area contributed by atoms with E-state index in [1.165, 1.54) is 0 Å². The summed E-state index contributed by atoms with van der Waals surface area (Å²) in [5.74, 6) is -3.45. The van der Waals surface area contributed by atoms with Crippen molar-refractivity contribution in [2.24, 2.45) is 11.8 Å². The van der Waals surface area contributed by atoms with E-state index < -0.39 is 36.1 Å². The Morgan fingerprint density at radius 2 is 1.45 bits per heavy atom. The van der Waals surface area contributed by atoms with E-state index in [0.717, 1.165) is 5.56 Å². The van der Waals surface area contributed by atoms with Crippen molar-refractivity contribution in [3.05, 3.63) is 35.9 Å². The predicted octanol–water partition coefficient (Wildman–Crippen LogP) is 3.04. The molecule has 0 bridgehead atoms. The fraction of sp³-hybridized carbons (Fsp3) is 0.571. The van der Waals surface area contributed by atoms with Gasteiger partial charge in [-0.05, 0) is 33.3 Å². The van der Waals surface area contributed by atoms with Crippen LogP contribution in [0, 0.1) is 11.8 Å². The lowest BCUT2D eigenvalue weighted by molar-refractivity contribution is -0.169. The molecule has 1 aromatic rings. The second-order valence-corrected chi connectivity index (χ2v) is 6.65. The van der Waals surface area contributed by atoms with Gasteiger partial charge in [-0.1, -0.05) is 37.3 Å². The van der Waals surface area contributed by atoms with Crippen LogP contribution in [0.1, 0.15) is 40.2 Å². The summed E-state index contributed by atoms with van der Waals surface area (Å²) in [7, 11) is 0. The van der Waals surface area contributed by atoms with E-state index in [-0.39, 0.29) is 25.9 Å². The summed E-state index contributed by atoms with van der Waals surface area (Å²) >= 11 is 0. The van der Waals surface area contributed by atoms with E-state index in [4.69, 9.17) is 18.9 Å². The van der Waals surface area contributed by atoms with Gasteiger partial charge in [0.05, 0.1) is 19.3 Å². The first-order valence-electron chi connectivity index (χ1n) is 9.76. The summed E-state index contributed by atoms with van der Waals surface area (Å²) in [4.78, 5) is 37.0. The number of carbonyl (C=O) groups is 3. The van der Waals surface area contributed by atoms with E-state index in [1.807, 2.05) is 30.3 Å². The van der Waals surface area contributed by atoms with E-state index >= 15 is 0 Å². The molecule has 0 aliphatic carbocycles.